The molecule has 4 aromatic rings. The Bertz CT molecular complexity index is 1030. The van der Waals surface area contributed by atoms with Crippen molar-refractivity contribution in [3.8, 4) is 28.5 Å². The molecule has 0 saturated heterocycles. The number of benzene rings is 2. The normalized spacial score (nSPS) is 11.4. The zero-order valence-electron chi connectivity index (χ0n) is 14.3. The number of ether oxygens (including phenoxy) is 1. The molecule has 0 bridgehead atoms. The van der Waals surface area contributed by atoms with Gasteiger partial charge in [0.2, 0.25) is 5.89 Å². The van der Waals surface area contributed by atoms with Crippen molar-refractivity contribution in [2.45, 2.75) is 19.9 Å². The molecule has 6 heteroatoms. The lowest BCUT2D eigenvalue weighted by atomic mass is 10.1. The van der Waals surface area contributed by atoms with Gasteiger partial charge < -0.3 is 9.15 Å². The smallest absolute Gasteiger partial charge is 0.226 e. The first-order valence-corrected chi connectivity index (χ1v) is 8.11. The fourth-order valence-corrected chi connectivity index (χ4v) is 2.84. The summed E-state index contributed by atoms with van der Waals surface area (Å²) in [4.78, 5) is 4.61. The molecular formula is C19H18N4O2. The third-order valence-electron chi connectivity index (χ3n) is 4.09. The molecular weight excluding hydrogens is 316 g/mol. The topological polar surface area (TPSA) is 66.0 Å². The predicted molar refractivity (Wildman–Crippen MR) is 95.4 cm³/mol. The highest BCUT2D eigenvalue weighted by atomic mass is 16.5. The van der Waals surface area contributed by atoms with Crippen molar-refractivity contribution in [2.75, 3.05) is 7.11 Å². The molecule has 0 aliphatic carbocycles. The van der Waals surface area contributed by atoms with Crippen LogP contribution in [0.2, 0.25) is 0 Å². The standard InChI is InChI=1S/C19H18N4O2/c1-12(2)23-17-9-8-13(10-15(17)21-22-23)19-20-16(11-25-19)14-6-4-5-7-18(14)24-3/h4-12H,1-3H3. The monoisotopic (exact) mass is 334 g/mol. The van der Waals surface area contributed by atoms with E-state index in [9.17, 15) is 0 Å². The van der Waals surface area contributed by atoms with E-state index in [1.165, 1.54) is 0 Å². The van der Waals surface area contributed by atoms with Crippen molar-refractivity contribution in [3.63, 3.8) is 0 Å². The summed E-state index contributed by atoms with van der Waals surface area (Å²) in [6, 6.07) is 13.9. The van der Waals surface area contributed by atoms with Gasteiger partial charge in [0.1, 0.15) is 23.2 Å². The van der Waals surface area contributed by atoms with Gasteiger partial charge in [-0.2, -0.15) is 0 Å². The fraction of sp³-hybridized carbons (Fsp3) is 0.211. The summed E-state index contributed by atoms with van der Waals surface area (Å²) >= 11 is 0. The van der Waals surface area contributed by atoms with Crippen molar-refractivity contribution in [3.05, 3.63) is 48.7 Å². The van der Waals surface area contributed by atoms with Crippen LogP contribution in [0.3, 0.4) is 0 Å². The van der Waals surface area contributed by atoms with E-state index in [2.05, 4.69) is 29.1 Å². The Hall–Kier alpha value is -3.15. The molecule has 0 aliphatic rings. The molecule has 2 aromatic carbocycles. The second-order valence-electron chi connectivity index (χ2n) is 6.07. The number of para-hydroxylation sites is 1. The van der Waals surface area contributed by atoms with Gasteiger partial charge in [-0.3, -0.25) is 0 Å². The molecule has 0 spiro atoms. The van der Waals surface area contributed by atoms with Gasteiger partial charge in [-0.1, -0.05) is 17.3 Å². The second kappa shape index (κ2) is 6.05. The van der Waals surface area contributed by atoms with Gasteiger partial charge in [-0.25, -0.2) is 9.67 Å². The minimum atomic E-state index is 0.259. The van der Waals surface area contributed by atoms with Crippen LogP contribution >= 0.6 is 0 Å². The number of hydrogen-bond donors (Lipinski definition) is 0. The third-order valence-corrected chi connectivity index (χ3v) is 4.09. The maximum absolute atomic E-state index is 5.69. The van der Waals surface area contributed by atoms with Gasteiger partial charge in [0, 0.05) is 17.2 Å². The van der Waals surface area contributed by atoms with Crippen molar-refractivity contribution < 1.29 is 9.15 Å². The minimum absolute atomic E-state index is 0.259. The van der Waals surface area contributed by atoms with E-state index in [0.29, 0.717) is 5.89 Å². The lowest BCUT2D eigenvalue weighted by Crippen LogP contribution is -2.02. The van der Waals surface area contributed by atoms with Crippen LogP contribution in [-0.2, 0) is 0 Å². The van der Waals surface area contributed by atoms with E-state index in [4.69, 9.17) is 9.15 Å². The maximum atomic E-state index is 5.69. The Morgan fingerprint density at radius 3 is 2.76 bits per heavy atom. The van der Waals surface area contributed by atoms with Gasteiger partial charge in [0.05, 0.1) is 12.6 Å². The Morgan fingerprint density at radius 1 is 1.12 bits per heavy atom. The van der Waals surface area contributed by atoms with E-state index in [0.717, 1.165) is 33.6 Å². The number of hydrogen-bond acceptors (Lipinski definition) is 5. The Labute approximate surface area is 145 Å². The first-order valence-electron chi connectivity index (χ1n) is 8.11. The molecule has 2 aromatic heterocycles. The molecule has 0 radical (unpaired) electrons. The zero-order valence-corrected chi connectivity index (χ0v) is 14.3. The molecule has 0 aliphatic heterocycles. The number of rotatable bonds is 4. The summed E-state index contributed by atoms with van der Waals surface area (Å²) < 4.78 is 13.0. The summed E-state index contributed by atoms with van der Waals surface area (Å²) in [7, 11) is 1.64. The lowest BCUT2D eigenvalue weighted by molar-refractivity contribution is 0.416. The second-order valence-corrected chi connectivity index (χ2v) is 6.07. The SMILES string of the molecule is COc1ccccc1-c1coc(-c2ccc3c(c2)nnn3C(C)C)n1. The van der Waals surface area contributed by atoms with Gasteiger partial charge >= 0.3 is 0 Å². The van der Waals surface area contributed by atoms with Crippen molar-refractivity contribution in [1.82, 2.24) is 20.0 Å². The summed E-state index contributed by atoms with van der Waals surface area (Å²) in [6.07, 6.45) is 1.64. The molecule has 0 saturated carbocycles. The fourth-order valence-electron chi connectivity index (χ4n) is 2.84. The highest BCUT2D eigenvalue weighted by Crippen LogP contribution is 2.31. The average Bonchev–Trinajstić information content (AvgIpc) is 3.28. The van der Waals surface area contributed by atoms with Crippen LogP contribution in [0.4, 0.5) is 0 Å². The summed E-state index contributed by atoms with van der Waals surface area (Å²) in [5.41, 5.74) is 4.31. The first kappa shape index (κ1) is 15.4. The Morgan fingerprint density at radius 2 is 1.96 bits per heavy atom. The zero-order chi connectivity index (χ0) is 17.4. The molecule has 0 N–H and O–H groups in total. The number of aromatic nitrogens is 4. The van der Waals surface area contributed by atoms with E-state index in [1.54, 1.807) is 13.4 Å². The summed E-state index contributed by atoms with van der Waals surface area (Å²) in [6.45, 7) is 4.16. The van der Waals surface area contributed by atoms with Crippen LogP contribution in [0.25, 0.3) is 33.7 Å². The van der Waals surface area contributed by atoms with Crippen LogP contribution in [0.1, 0.15) is 19.9 Å². The molecule has 0 fully saturated rings. The molecule has 0 atom stereocenters. The average molecular weight is 334 g/mol. The largest absolute Gasteiger partial charge is 0.496 e. The van der Waals surface area contributed by atoms with Crippen molar-refractivity contribution in [1.29, 1.82) is 0 Å². The van der Waals surface area contributed by atoms with Gasteiger partial charge in [0.15, 0.2) is 0 Å². The molecule has 4 rings (SSSR count). The Balaban J connectivity index is 1.74. The van der Waals surface area contributed by atoms with Crippen LogP contribution in [0, 0.1) is 0 Å². The van der Waals surface area contributed by atoms with Crippen LogP contribution in [-0.4, -0.2) is 27.1 Å². The molecule has 2 heterocycles. The predicted octanol–water partition coefficient (Wildman–Crippen LogP) is 4.34. The van der Waals surface area contributed by atoms with Gasteiger partial charge in [0.25, 0.3) is 0 Å². The van der Waals surface area contributed by atoms with Crippen molar-refractivity contribution >= 4 is 11.0 Å². The van der Waals surface area contributed by atoms with Gasteiger partial charge in [-0.15, -0.1) is 5.10 Å². The van der Waals surface area contributed by atoms with Crippen LogP contribution in [0.5, 0.6) is 5.75 Å². The van der Waals surface area contributed by atoms with Crippen LogP contribution in [0.15, 0.2) is 53.1 Å². The quantitative estimate of drug-likeness (QED) is 0.555. The first-order chi connectivity index (χ1) is 12.2. The molecule has 6 nitrogen and oxygen atoms in total. The van der Waals surface area contributed by atoms with E-state index >= 15 is 0 Å². The number of methoxy groups -OCH3 is 1. The summed E-state index contributed by atoms with van der Waals surface area (Å²) in [5, 5.41) is 8.45. The van der Waals surface area contributed by atoms with Crippen molar-refractivity contribution in [2.24, 2.45) is 0 Å². The maximum Gasteiger partial charge on any atom is 0.226 e. The number of fused-ring (bicyclic) bond motifs is 1. The number of nitrogens with zero attached hydrogens (tertiary/aromatic N) is 4. The minimum Gasteiger partial charge on any atom is -0.496 e. The lowest BCUT2D eigenvalue weighted by Gasteiger charge is -2.05. The van der Waals surface area contributed by atoms with Gasteiger partial charge in [-0.05, 0) is 44.2 Å². The molecule has 126 valence electrons. The highest BCUT2D eigenvalue weighted by molar-refractivity contribution is 5.80. The van der Waals surface area contributed by atoms with E-state index in [-0.39, 0.29) is 6.04 Å². The van der Waals surface area contributed by atoms with E-state index in [1.807, 2.05) is 47.1 Å². The highest BCUT2D eigenvalue weighted by Gasteiger charge is 2.14. The molecule has 25 heavy (non-hydrogen) atoms. The van der Waals surface area contributed by atoms with E-state index < -0.39 is 0 Å². The number of oxazole rings is 1. The summed E-state index contributed by atoms with van der Waals surface area (Å²) in [5.74, 6) is 1.31. The van der Waals surface area contributed by atoms with Crippen LogP contribution < -0.4 is 4.74 Å². The molecule has 0 amide bonds. The molecule has 0 unspecified atom stereocenters. The Kier molecular flexibility index (Phi) is 3.72. The third kappa shape index (κ3) is 2.65.